The lowest BCUT2D eigenvalue weighted by molar-refractivity contribution is -0.130. The van der Waals surface area contributed by atoms with Gasteiger partial charge in [-0.25, -0.2) is 4.98 Å². The molecule has 1 aromatic carbocycles. The fourth-order valence-corrected chi connectivity index (χ4v) is 2.66. The van der Waals surface area contributed by atoms with Crippen LogP contribution in [-0.2, 0) is 27.4 Å². The van der Waals surface area contributed by atoms with Crippen molar-refractivity contribution in [2.45, 2.75) is 32.0 Å². The van der Waals surface area contributed by atoms with Crippen LogP contribution in [0.1, 0.15) is 18.7 Å². The van der Waals surface area contributed by atoms with Crippen LogP contribution < -0.4 is 11.1 Å². The number of rotatable bonds is 5. The van der Waals surface area contributed by atoms with E-state index in [2.05, 4.69) is 10.3 Å². The zero-order valence-corrected chi connectivity index (χ0v) is 12.1. The van der Waals surface area contributed by atoms with Gasteiger partial charge in [0.2, 0.25) is 11.8 Å². The lowest BCUT2D eigenvalue weighted by atomic mass is 10.2. The minimum absolute atomic E-state index is 0.0334. The van der Waals surface area contributed by atoms with Crippen LogP contribution in [0.5, 0.6) is 0 Å². The number of benzene rings is 1. The Balaban J connectivity index is 1.79. The van der Waals surface area contributed by atoms with E-state index in [0.29, 0.717) is 12.4 Å². The predicted octanol–water partition coefficient (Wildman–Crippen LogP) is 0.317. The molecule has 2 aromatic rings. The van der Waals surface area contributed by atoms with E-state index in [4.69, 9.17) is 10.5 Å². The maximum absolute atomic E-state index is 12.0. The second-order valence-electron chi connectivity index (χ2n) is 5.29. The number of carbonyl (C=O) groups excluding carboxylic acids is 2. The van der Waals surface area contributed by atoms with Gasteiger partial charge in [-0.2, -0.15) is 0 Å². The van der Waals surface area contributed by atoms with Gasteiger partial charge in [-0.1, -0.05) is 12.1 Å². The molecule has 3 N–H and O–H groups in total. The molecular formula is C15H18N4O3. The van der Waals surface area contributed by atoms with E-state index in [9.17, 15) is 9.59 Å². The molecular weight excluding hydrogens is 284 g/mol. The fraction of sp³-hybridized carbons (Fsp3) is 0.400. The average molecular weight is 302 g/mol. The number of imidazole rings is 1. The summed E-state index contributed by atoms with van der Waals surface area (Å²) in [5.74, 6) is 0.0105. The Hall–Kier alpha value is -2.41. The Labute approximate surface area is 127 Å². The first-order chi connectivity index (χ1) is 10.6. The molecule has 7 heteroatoms. The van der Waals surface area contributed by atoms with Crippen molar-refractivity contribution in [1.82, 2.24) is 14.9 Å². The van der Waals surface area contributed by atoms with E-state index in [1.54, 1.807) is 4.57 Å². The van der Waals surface area contributed by atoms with Crippen molar-refractivity contribution in [1.29, 1.82) is 0 Å². The van der Waals surface area contributed by atoms with E-state index in [0.717, 1.165) is 23.9 Å². The number of primary amides is 1. The van der Waals surface area contributed by atoms with Crippen LogP contribution in [0.25, 0.3) is 11.0 Å². The van der Waals surface area contributed by atoms with Gasteiger partial charge in [-0.3, -0.25) is 9.59 Å². The number of fused-ring (bicyclic) bond motifs is 1. The smallest absolute Gasteiger partial charge is 0.249 e. The van der Waals surface area contributed by atoms with Crippen LogP contribution in [0, 0.1) is 0 Å². The van der Waals surface area contributed by atoms with E-state index in [-0.39, 0.29) is 25.1 Å². The van der Waals surface area contributed by atoms with Gasteiger partial charge in [-0.05, 0) is 25.0 Å². The maximum Gasteiger partial charge on any atom is 0.249 e. The minimum atomic E-state index is -0.449. The SMILES string of the molecule is NC(=O)Cn1c(CNC(=O)C2CCCO2)nc2ccccc21. The summed E-state index contributed by atoms with van der Waals surface area (Å²) in [4.78, 5) is 27.7. The highest BCUT2D eigenvalue weighted by Gasteiger charge is 2.23. The standard InChI is InChI=1S/C15H18N4O3/c16-13(20)9-19-11-5-2-1-4-10(11)18-14(19)8-17-15(21)12-6-3-7-22-12/h1-2,4-5,12H,3,6-9H2,(H2,16,20)(H,17,21). The van der Waals surface area contributed by atoms with Gasteiger partial charge >= 0.3 is 0 Å². The quantitative estimate of drug-likeness (QED) is 0.830. The van der Waals surface area contributed by atoms with E-state index < -0.39 is 5.91 Å². The van der Waals surface area contributed by atoms with Gasteiger partial charge in [0.25, 0.3) is 0 Å². The number of nitrogens with two attached hydrogens (primary N) is 1. The Morgan fingerprint density at radius 3 is 2.95 bits per heavy atom. The van der Waals surface area contributed by atoms with Crippen molar-refractivity contribution in [2.24, 2.45) is 5.73 Å². The Morgan fingerprint density at radius 2 is 2.23 bits per heavy atom. The molecule has 2 amide bonds. The molecule has 1 aromatic heterocycles. The molecule has 1 saturated heterocycles. The first-order valence-corrected chi connectivity index (χ1v) is 7.27. The number of aromatic nitrogens is 2. The molecule has 1 unspecified atom stereocenters. The molecule has 0 spiro atoms. The van der Waals surface area contributed by atoms with E-state index in [1.165, 1.54) is 0 Å². The second-order valence-corrected chi connectivity index (χ2v) is 5.29. The lowest BCUT2D eigenvalue weighted by Crippen LogP contribution is -2.34. The predicted molar refractivity (Wildman–Crippen MR) is 79.7 cm³/mol. The number of ether oxygens (including phenoxy) is 1. The summed E-state index contributed by atoms with van der Waals surface area (Å²) in [5.41, 5.74) is 6.89. The van der Waals surface area contributed by atoms with Crippen LogP contribution in [0.2, 0.25) is 0 Å². The first-order valence-electron chi connectivity index (χ1n) is 7.27. The molecule has 0 radical (unpaired) electrons. The van der Waals surface area contributed by atoms with Gasteiger partial charge < -0.3 is 20.4 Å². The van der Waals surface area contributed by atoms with Crippen molar-refractivity contribution in [3.05, 3.63) is 30.1 Å². The number of nitrogens with one attached hydrogen (secondary N) is 1. The Kier molecular flexibility index (Phi) is 4.06. The number of hydrogen-bond donors (Lipinski definition) is 2. The summed E-state index contributed by atoms with van der Waals surface area (Å²) in [5, 5.41) is 2.82. The topological polar surface area (TPSA) is 99.2 Å². The summed E-state index contributed by atoms with van der Waals surface area (Å²) in [6.45, 7) is 0.893. The molecule has 0 saturated carbocycles. The number of para-hydroxylation sites is 2. The summed E-state index contributed by atoms with van der Waals surface area (Å²) < 4.78 is 7.07. The number of nitrogens with zero attached hydrogens (tertiary/aromatic N) is 2. The van der Waals surface area contributed by atoms with Crippen LogP contribution >= 0.6 is 0 Å². The van der Waals surface area contributed by atoms with Crippen molar-refractivity contribution in [3.63, 3.8) is 0 Å². The summed E-state index contributed by atoms with van der Waals surface area (Å²) in [6, 6.07) is 7.48. The van der Waals surface area contributed by atoms with Gasteiger partial charge in [0.1, 0.15) is 18.5 Å². The highest BCUT2D eigenvalue weighted by molar-refractivity contribution is 5.82. The first kappa shape index (κ1) is 14.5. The molecule has 0 aliphatic carbocycles. The van der Waals surface area contributed by atoms with Crippen LogP contribution in [0.4, 0.5) is 0 Å². The molecule has 0 bridgehead atoms. The molecule has 3 rings (SSSR count). The number of hydrogen-bond acceptors (Lipinski definition) is 4. The molecule has 1 aliphatic rings. The van der Waals surface area contributed by atoms with Crippen molar-refractivity contribution >= 4 is 22.8 Å². The van der Waals surface area contributed by atoms with E-state index in [1.807, 2.05) is 24.3 Å². The van der Waals surface area contributed by atoms with E-state index >= 15 is 0 Å². The van der Waals surface area contributed by atoms with Gasteiger partial charge in [-0.15, -0.1) is 0 Å². The normalized spacial score (nSPS) is 17.7. The summed E-state index contributed by atoms with van der Waals surface area (Å²) in [7, 11) is 0. The number of carbonyl (C=O) groups is 2. The maximum atomic E-state index is 12.0. The van der Waals surface area contributed by atoms with Gasteiger partial charge in [0.05, 0.1) is 17.6 Å². The number of amides is 2. The third kappa shape index (κ3) is 2.94. The fourth-order valence-electron chi connectivity index (χ4n) is 2.66. The third-order valence-corrected chi connectivity index (χ3v) is 3.69. The minimum Gasteiger partial charge on any atom is -0.368 e. The summed E-state index contributed by atoms with van der Waals surface area (Å²) >= 11 is 0. The molecule has 1 atom stereocenters. The molecule has 1 aliphatic heterocycles. The van der Waals surface area contributed by atoms with Crippen LogP contribution in [0.3, 0.4) is 0 Å². The Bertz CT molecular complexity index is 704. The lowest BCUT2D eigenvalue weighted by Gasteiger charge is -2.11. The van der Waals surface area contributed by atoms with Gasteiger partial charge in [0, 0.05) is 6.61 Å². The highest BCUT2D eigenvalue weighted by atomic mass is 16.5. The summed E-state index contributed by atoms with van der Waals surface area (Å²) in [6.07, 6.45) is 1.26. The Morgan fingerprint density at radius 1 is 1.41 bits per heavy atom. The molecule has 116 valence electrons. The van der Waals surface area contributed by atoms with Crippen LogP contribution in [-0.4, -0.2) is 34.1 Å². The zero-order valence-electron chi connectivity index (χ0n) is 12.1. The van der Waals surface area contributed by atoms with Crippen molar-refractivity contribution < 1.29 is 14.3 Å². The molecule has 7 nitrogen and oxygen atoms in total. The average Bonchev–Trinajstić information content (AvgIpc) is 3.13. The van der Waals surface area contributed by atoms with Crippen LogP contribution in [0.15, 0.2) is 24.3 Å². The molecule has 2 heterocycles. The molecule has 1 fully saturated rings. The largest absolute Gasteiger partial charge is 0.368 e. The van der Waals surface area contributed by atoms with Crippen molar-refractivity contribution in [3.8, 4) is 0 Å². The zero-order chi connectivity index (χ0) is 15.5. The molecule has 22 heavy (non-hydrogen) atoms. The third-order valence-electron chi connectivity index (χ3n) is 3.69. The van der Waals surface area contributed by atoms with Gasteiger partial charge in [0.15, 0.2) is 0 Å². The second kappa shape index (κ2) is 6.15. The monoisotopic (exact) mass is 302 g/mol. The highest BCUT2D eigenvalue weighted by Crippen LogP contribution is 2.16. The van der Waals surface area contributed by atoms with Crippen molar-refractivity contribution in [2.75, 3.05) is 6.61 Å².